The minimum atomic E-state index is -4.55. The molecule has 8 nitrogen and oxygen atoms in total. The van der Waals surface area contributed by atoms with Crippen molar-refractivity contribution in [3.63, 3.8) is 0 Å². The highest BCUT2D eigenvalue weighted by atomic mass is 35.5. The minimum Gasteiger partial charge on any atom is -0.282 e. The molecule has 26 heavy (non-hydrogen) atoms. The van der Waals surface area contributed by atoms with Gasteiger partial charge in [0.2, 0.25) is 0 Å². The summed E-state index contributed by atoms with van der Waals surface area (Å²) in [4.78, 5) is 12.1. The van der Waals surface area contributed by atoms with Crippen molar-refractivity contribution in [1.82, 2.24) is 0 Å². The molecule has 0 fully saturated rings. The molecule has 1 heterocycles. The number of azo groups is 1. The molecule has 10 heteroatoms. The fraction of sp³-hybridized carbons (Fsp3) is 0.125. The van der Waals surface area contributed by atoms with E-state index in [1.807, 2.05) is 6.07 Å². The summed E-state index contributed by atoms with van der Waals surface area (Å²) in [6, 6.07) is 11.6. The van der Waals surface area contributed by atoms with Gasteiger partial charge in [-0.1, -0.05) is 29.8 Å². The number of para-hydroxylation sites is 1. The molecule has 0 saturated carbocycles. The van der Waals surface area contributed by atoms with Gasteiger partial charge in [-0.15, -0.1) is 0 Å². The molecule has 0 aliphatic carbocycles. The molecule has 0 radical (unpaired) electrons. The van der Waals surface area contributed by atoms with Crippen LogP contribution < -0.4 is 5.01 Å². The van der Waals surface area contributed by atoms with Crippen molar-refractivity contribution >= 4 is 44.7 Å². The summed E-state index contributed by atoms with van der Waals surface area (Å²) in [6.45, 7) is 1.62. The number of benzene rings is 2. The molecular formula is C16H13ClN4O4S. The Kier molecular flexibility index (Phi) is 4.86. The third-order valence-electron chi connectivity index (χ3n) is 3.58. The highest BCUT2D eigenvalue weighted by molar-refractivity contribution is 7.86. The lowest BCUT2D eigenvalue weighted by atomic mass is 10.2. The van der Waals surface area contributed by atoms with E-state index in [1.54, 1.807) is 31.2 Å². The fourth-order valence-corrected chi connectivity index (χ4v) is 3.23. The van der Waals surface area contributed by atoms with Gasteiger partial charge in [0, 0.05) is 5.02 Å². The summed E-state index contributed by atoms with van der Waals surface area (Å²) in [5.41, 5.74) is 0.861. The highest BCUT2D eigenvalue weighted by Gasteiger charge is 2.34. The summed E-state index contributed by atoms with van der Waals surface area (Å²) < 4.78 is 32.2. The molecule has 0 bridgehead atoms. The first-order valence-electron chi connectivity index (χ1n) is 7.39. The molecule has 2 aromatic carbocycles. The first-order valence-corrected chi connectivity index (χ1v) is 9.21. The van der Waals surface area contributed by atoms with Gasteiger partial charge in [0.25, 0.3) is 16.0 Å². The summed E-state index contributed by atoms with van der Waals surface area (Å²) in [5.74, 6) is -0.417. The summed E-state index contributed by atoms with van der Waals surface area (Å²) in [7, 11) is -4.55. The van der Waals surface area contributed by atoms with Crippen LogP contribution in [0.5, 0.6) is 0 Å². The van der Waals surface area contributed by atoms with Crippen molar-refractivity contribution < 1.29 is 17.8 Å². The number of carbonyl (C=O) groups is 1. The van der Waals surface area contributed by atoms with Gasteiger partial charge in [0.05, 0.1) is 11.4 Å². The van der Waals surface area contributed by atoms with E-state index in [0.29, 0.717) is 11.4 Å². The number of amides is 1. The van der Waals surface area contributed by atoms with Crippen molar-refractivity contribution in [2.75, 3.05) is 5.01 Å². The van der Waals surface area contributed by atoms with Gasteiger partial charge < -0.3 is 0 Å². The number of hydrogen-bond donors (Lipinski definition) is 1. The van der Waals surface area contributed by atoms with E-state index in [9.17, 15) is 17.8 Å². The number of carbonyl (C=O) groups excluding carboxylic acids is 1. The van der Waals surface area contributed by atoms with Crippen LogP contribution in [-0.2, 0) is 14.9 Å². The quantitative estimate of drug-likeness (QED) is 0.634. The van der Waals surface area contributed by atoms with Crippen LogP contribution in [0, 0.1) is 0 Å². The second-order valence-electron chi connectivity index (χ2n) is 5.43. The van der Waals surface area contributed by atoms with Crippen LogP contribution in [0.4, 0.5) is 11.4 Å². The zero-order valence-electron chi connectivity index (χ0n) is 13.4. The monoisotopic (exact) mass is 392 g/mol. The normalized spacial score (nSPS) is 17.8. The van der Waals surface area contributed by atoms with Crippen LogP contribution in [0.15, 0.2) is 68.8 Å². The van der Waals surface area contributed by atoms with E-state index < -0.39 is 27.0 Å². The fourth-order valence-electron chi connectivity index (χ4n) is 2.34. The zero-order valence-corrected chi connectivity index (χ0v) is 15.0. The predicted octanol–water partition coefficient (Wildman–Crippen LogP) is 3.46. The number of nitrogens with zero attached hydrogens (tertiary/aromatic N) is 4. The highest BCUT2D eigenvalue weighted by Crippen LogP contribution is 2.29. The van der Waals surface area contributed by atoms with Crippen LogP contribution in [0.25, 0.3) is 0 Å². The Bertz CT molecular complexity index is 1020. The Balaban J connectivity index is 1.91. The largest absolute Gasteiger partial charge is 0.296 e. The zero-order chi connectivity index (χ0) is 18.9. The van der Waals surface area contributed by atoms with Gasteiger partial charge in [0.15, 0.2) is 6.04 Å². The maximum atomic E-state index is 12.5. The standard InChI is InChI=1S/C16H13ClN4O4S/c1-10-15(16(22)21(20-10)12-5-3-2-4-6-12)19-18-13-8-7-11(17)9-14(13)26(23,24)25/h2-9,15H,1H3,(H,23,24,25). The molecule has 0 aromatic heterocycles. The lowest BCUT2D eigenvalue weighted by Crippen LogP contribution is -2.29. The average Bonchev–Trinajstić information content (AvgIpc) is 2.88. The predicted molar refractivity (Wildman–Crippen MR) is 96.6 cm³/mol. The molecule has 1 atom stereocenters. The van der Waals surface area contributed by atoms with E-state index in [2.05, 4.69) is 15.3 Å². The Labute approximate surface area is 154 Å². The Hall–Kier alpha value is -2.62. The second-order valence-corrected chi connectivity index (χ2v) is 7.26. The van der Waals surface area contributed by atoms with Gasteiger partial charge in [-0.3, -0.25) is 9.35 Å². The van der Waals surface area contributed by atoms with Crippen molar-refractivity contribution in [3.05, 3.63) is 53.6 Å². The van der Waals surface area contributed by atoms with Crippen molar-refractivity contribution in [3.8, 4) is 0 Å². The molecule has 1 unspecified atom stereocenters. The van der Waals surface area contributed by atoms with Crippen molar-refractivity contribution in [1.29, 1.82) is 0 Å². The van der Waals surface area contributed by atoms with Crippen molar-refractivity contribution in [2.24, 2.45) is 15.3 Å². The smallest absolute Gasteiger partial charge is 0.282 e. The van der Waals surface area contributed by atoms with Crippen LogP contribution in [0.3, 0.4) is 0 Å². The molecule has 1 aliphatic heterocycles. The molecule has 1 amide bonds. The van der Waals surface area contributed by atoms with Gasteiger partial charge in [-0.2, -0.15) is 28.8 Å². The van der Waals surface area contributed by atoms with Crippen molar-refractivity contribution in [2.45, 2.75) is 17.9 Å². The first-order chi connectivity index (χ1) is 12.3. The van der Waals surface area contributed by atoms with Gasteiger partial charge in [-0.05, 0) is 37.3 Å². The first kappa shape index (κ1) is 18.2. The third kappa shape index (κ3) is 3.64. The topological polar surface area (TPSA) is 112 Å². The van der Waals surface area contributed by atoms with Crippen LogP contribution >= 0.6 is 11.6 Å². The molecule has 3 rings (SSSR count). The van der Waals surface area contributed by atoms with Crippen LogP contribution in [0.1, 0.15) is 6.92 Å². The van der Waals surface area contributed by atoms with Crippen LogP contribution in [-0.4, -0.2) is 30.6 Å². The number of hydrazone groups is 1. The Morgan fingerprint density at radius 1 is 1.19 bits per heavy atom. The number of halogens is 1. The Morgan fingerprint density at radius 3 is 2.54 bits per heavy atom. The Morgan fingerprint density at radius 2 is 1.88 bits per heavy atom. The molecule has 134 valence electrons. The molecule has 1 N–H and O–H groups in total. The van der Waals surface area contributed by atoms with Gasteiger partial charge in [0.1, 0.15) is 10.6 Å². The van der Waals surface area contributed by atoms with E-state index >= 15 is 0 Å². The molecule has 0 spiro atoms. The lowest BCUT2D eigenvalue weighted by Gasteiger charge is -2.11. The molecule has 1 aliphatic rings. The van der Waals surface area contributed by atoms with Gasteiger partial charge in [-0.25, -0.2) is 0 Å². The minimum absolute atomic E-state index is 0.113. The van der Waals surface area contributed by atoms with E-state index in [0.717, 1.165) is 6.07 Å². The van der Waals surface area contributed by atoms with Crippen LogP contribution in [0.2, 0.25) is 5.02 Å². The van der Waals surface area contributed by atoms with Gasteiger partial charge >= 0.3 is 0 Å². The number of rotatable bonds is 4. The maximum Gasteiger partial charge on any atom is 0.296 e. The SMILES string of the molecule is CC1=NN(c2ccccc2)C(=O)C1N=Nc1ccc(Cl)cc1S(=O)(=O)O. The average molecular weight is 393 g/mol. The maximum absolute atomic E-state index is 12.5. The summed E-state index contributed by atoms with van der Waals surface area (Å²) >= 11 is 5.76. The summed E-state index contributed by atoms with van der Waals surface area (Å²) in [5, 5.41) is 13.2. The number of anilines is 1. The second kappa shape index (κ2) is 6.94. The van der Waals surface area contributed by atoms with E-state index in [1.165, 1.54) is 17.1 Å². The number of hydrogen-bond acceptors (Lipinski definition) is 6. The molecular weight excluding hydrogens is 380 g/mol. The lowest BCUT2D eigenvalue weighted by molar-refractivity contribution is -0.117. The van der Waals surface area contributed by atoms with E-state index in [-0.39, 0.29) is 10.7 Å². The summed E-state index contributed by atoms with van der Waals surface area (Å²) in [6.07, 6.45) is 0. The molecule has 2 aromatic rings. The van der Waals surface area contributed by atoms with E-state index in [4.69, 9.17) is 11.6 Å². The molecule has 0 saturated heterocycles. The third-order valence-corrected chi connectivity index (χ3v) is 4.70.